The molecule has 0 spiro atoms. The first-order chi connectivity index (χ1) is 15.5. The summed E-state index contributed by atoms with van der Waals surface area (Å²) in [6, 6.07) is 19.8. The van der Waals surface area contributed by atoms with Gasteiger partial charge in [-0.2, -0.15) is 0 Å². The van der Waals surface area contributed by atoms with Crippen molar-refractivity contribution in [2.24, 2.45) is 4.99 Å². The van der Waals surface area contributed by atoms with E-state index in [2.05, 4.69) is 4.99 Å². The van der Waals surface area contributed by atoms with E-state index in [-0.39, 0.29) is 56.0 Å². The zero-order chi connectivity index (χ0) is 23.2. The first-order valence-electron chi connectivity index (χ1n) is 10.3. The van der Waals surface area contributed by atoms with Gasteiger partial charge in [0.15, 0.2) is 0 Å². The second kappa shape index (κ2) is 14.6. The van der Waals surface area contributed by atoms with Gasteiger partial charge in [-0.1, -0.05) is 0 Å². The van der Waals surface area contributed by atoms with Crippen LogP contribution in [0.25, 0.3) is 0 Å². The first kappa shape index (κ1) is 26.8. The second-order valence-corrected chi connectivity index (χ2v) is 12.4. The van der Waals surface area contributed by atoms with E-state index in [4.69, 9.17) is 13.8 Å². The van der Waals surface area contributed by atoms with E-state index in [1.54, 1.807) is 20.8 Å². The van der Waals surface area contributed by atoms with Gasteiger partial charge in [0.25, 0.3) is 0 Å². The predicted octanol–water partition coefficient (Wildman–Crippen LogP) is 3.11. The average molecular weight is 587 g/mol. The Balaban J connectivity index is 2.45. The van der Waals surface area contributed by atoms with Crippen LogP contribution in [0.3, 0.4) is 0 Å². The third kappa shape index (κ3) is 9.17. The molecular weight excluding hydrogens is 559 g/mol. The van der Waals surface area contributed by atoms with Gasteiger partial charge in [-0.05, 0) is 0 Å². The van der Waals surface area contributed by atoms with Gasteiger partial charge in [0, 0.05) is 0 Å². The Morgan fingerprint density at radius 2 is 1.47 bits per heavy atom. The molecule has 0 bridgehead atoms. The summed E-state index contributed by atoms with van der Waals surface area (Å²) in [5.41, 5.74) is 0.416. The number of esters is 1. The molecule has 2 aromatic carbocycles. The van der Waals surface area contributed by atoms with Crippen molar-refractivity contribution in [2.75, 3.05) is 26.1 Å². The molecule has 6 nitrogen and oxygen atoms in total. The monoisotopic (exact) mass is 589 g/mol. The van der Waals surface area contributed by atoms with E-state index in [9.17, 15) is 9.36 Å². The number of rotatable bonds is 13. The number of carbonyl (C=O) groups is 1. The molecular formula is C23H28NO5PSe2. The van der Waals surface area contributed by atoms with Gasteiger partial charge in [-0.25, -0.2) is 0 Å². The summed E-state index contributed by atoms with van der Waals surface area (Å²) in [6.07, 6.45) is -0.145. The molecule has 0 unspecified atom stereocenters. The molecule has 0 aliphatic rings. The normalized spacial score (nSPS) is 12.6. The third-order valence-corrected chi connectivity index (χ3v) is 9.66. The van der Waals surface area contributed by atoms with Crippen molar-refractivity contribution in [2.45, 2.75) is 20.8 Å². The van der Waals surface area contributed by atoms with Gasteiger partial charge in [0.2, 0.25) is 0 Å². The molecule has 172 valence electrons. The molecule has 0 atom stereocenters. The summed E-state index contributed by atoms with van der Waals surface area (Å²) in [4.78, 5) is 19.4. The fraction of sp³-hybridized carbons (Fsp3) is 0.304. The summed E-state index contributed by atoms with van der Waals surface area (Å²) in [5, 5.41) is 0. The Kier molecular flexibility index (Phi) is 12.2. The van der Waals surface area contributed by atoms with Gasteiger partial charge in [0.1, 0.15) is 0 Å². The Morgan fingerprint density at radius 1 is 0.906 bits per heavy atom. The molecule has 0 heterocycles. The predicted molar refractivity (Wildman–Crippen MR) is 132 cm³/mol. The van der Waals surface area contributed by atoms with Crippen molar-refractivity contribution in [1.29, 1.82) is 0 Å². The van der Waals surface area contributed by atoms with Crippen LogP contribution < -0.4 is 8.92 Å². The van der Waals surface area contributed by atoms with E-state index >= 15 is 0 Å². The van der Waals surface area contributed by atoms with Gasteiger partial charge in [-0.15, -0.1) is 0 Å². The van der Waals surface area contributed by atoms with Gasteiger partial charge in [-0.3, -0.25) is 0 Å². The molecule has 0 aliphatic carbocycles. The van der Waals surface area contributed by atoms with Crippen molar-refractivity contribution in [1.82, 2.24) is 0 Å². The van der Waals surface area contributed by atoms with Crippen molar-refractivity contribution in [3.05, 3.63) is 71.2 Å². The maximum atomic E-state index is 13.0. The van der Waals surface area contributed by atoms with Crippen LogP contribution in [0.2, 0.25) is 0 Å². The molecule has 2 rings (SSSR count). The number of benzene rings is 2. The first-order valence-corrected chi connectivity index (χ1v) is 15.5. The van der Waals surface area contributed by atoms with E-state index in [1.807, 2.05) is 65.6 Å². The summed E-state index contributed by atoms with van der Waals surface area (Å²) in [7, 11) is -3.39. The van der Waals surface area contributed by atoms with Gasteiger partial charge in [0.05, 0.1) is 0 Å². The zero-order valence-electron chi connectivity index (χ0n) is 18.4. The van der Waals surface area contributed by atoms with Crippen molar-refractivity contribution in [3.63, 3.8) is 0 Å². The molecule has 32 heavy (non-hydrogen) atoms. The molecule has 0 aromatic heterocycles. The van der Waals surface area contributed by atoms with Crippen LogP contribution in [0.4, 0.5) is 0 Å². The SMILES string of the molecule is CCOC(=O)C(=C\[Se]c1ccccc1)/C(=N/CP(=O)(OCC)OCC)[Se]c1ccccc1. The van der Waals surface area contributed by atoms with Crippen LogP contribution in [0, 0.1) is 0 Å². The van der Waals surface area contributed by atoms with E-state index in [1.165, 1.54) is 0 Å². The van der Waals surface area contributed by atoms with E-state index in [0.29, 0.717) is 10.2 Å². The van der Waals surface area contributed by atoms with Gasteiger partial charge >= 0.3 is 203 Å². The summed E-state index contributed by atoms with van der Waals surface area (Å²) in [6.45, 7) is 6.06. The zero-order valence-corrected chi connectivity index (χ0v) is 22.8. The standard InChI is InChI=1S/C23H28NO5PSe2/c1-4-27-23(25)21(17-31-19-13-9-7-10-14-19)22(32-20-15-11-8-12-16-20)24-18-30(26,28-5-2)29-6-3/h7-17H,4-6,18H2,1-3H3/b21-17-,24-22-. The topological polar surface area (TPSA) is 74.2 Å². The third-order valence-electron chi connectivity index (χ3n) is 3.78. The number of aliphatic imine (C=N–C) groups is 1. The quantitative estimate of drug-likeness (QED) is 0.119. The van der Waals surface area contributed by atoms with Crippen molar-refractivity contribution < 1.29 is 23.1 Å². The van der Waals surface area contributed by atoms with Crippen molar-refractivity contribution >= 4 is 57.0 Å². The Morgan fingerprint density at radius 3 is 2.00 bits per heavy atom. The minimum atomic E-state index is -3.39. The van der Waals surface area contributed by atoms with Gasteiger partial charge < -0.3 is 0 Å². The number of ether oxygens (including phenoxy) is 1. The molecule has 9 heteroatoms. The van der Waals surface area contributed by atoms with Crippen LogP contribution >= 0.6 is 7.60 Å². The summed E-state index contributed by atoms with van der Waals surface area (Å²) < 4.78 is 31.8. The molecule has 0 aliphatic heterocycles. The molecule has 0 N–H and O–H groups in total. The van der Waals surface area contributed by atoms with Crippen LogP contribution in [-0.2, 0) is 23.1 Å². The van der Waals surface area contributed by atoms with Crippen molar-refractivity contribution in [3.8, 4) is 0 Å². The number of nitrogens with zero attached hydrogens (tertiary/aromatic N) is 1. The summed E-state index contributed by atoms with van der Waals surface area (Å²) >= 11 is -0.393. The molecule has 0 saturated heterocycles. The fourth-order valence-electron chi connectivity index (χ4n) is 2.46. The Bertz CT molecular complexity index is 941. The Labute approximate surface area is 202 Å². The average Bonchev–Trinajstić information content (AvgIpc) is 2.79. The Hall–Kier alpha value is -1.49. The molecule has 0 fully saturated rings. The van der Waals surface area contributed by atoms with Crippen LogP contribution in [-0.4, -0.2) is 66.6 Å². The molecule has 0 radical (unpaired) electrons. The summed E-state index contributed by atoms with van der Waals surface area (Å²) in [5.74, 6) is -0.426. The fourth-order valence-corrected chi connectivity index (χ4v) is 7.90. The van der Waals surface area contributed by atoms with Crippen LogP contribution in [0.15, 0.2) is 76.2 Å². The number of hydrogen-bond acceptors (Lipinski definition) is 6. The van der Waals surface area contributed by atoms with E-state index in [0.717, 1.165) is 8.92 Å². The van der Waals surface area contributed by atoms with Crippen LogP contribution in [0.1, 0.15) is 20.8 Å². The number of carbonyl (C=O) groups excluding carboxylic acids is 1. The van der Waals surface area contributed by atoms with Crippen LogP contribution in [0.5, 0.6) is 0 Å². The van der Waals surface area contributed by atoms with E-state index < -0.39 is 13.6 Å². The maximum absolute atomic E-state index is 13.0. The second-order valence-electron chi connectivity index (χ2n) is 6.15. The molecule has 2 aromatic rings. The molecule has 0 amide bonds. The number of hydrogen-bond donors (Lipinski definition) is 0. The molecule has 0 saturated carbocycles. The minimum absolute atomic E-state index is 0.0968.